The van der Waals surface area contributed by atoms with E-state index in [2.05, 4.69) is 18.8 Å². The smallest absolute Gasteiger partial charge is 0.0909 e. The van der Waals surface area contributed by atoms with Crippen molar-refractivity contribution >= 4 is 5.84 Å². The molecule has 1 rings (SSSR count). The summed E-state index contributed by atoms with van der Waals surface area (Å²) in [5.41, 5.74) is 5.57. The number of nitrogens with two attached hydrogens (primary N) is 1. The molecular formula is C10H20N2. The molecule has 0 aromatic rings. The molecule has 2 N–H and O–H groups in total. The highest BCUT2D eigenvalue weighted by atomic mass is 14.9. The molecule has 0 bridgehead atoms. The molecule has 70 valence electrons. The summed E-state index contributed by atoms with van der Waals surface area (Å²) < 4.78 is 0. The van der Waals surface area contributed by atoms with E-state index in [1.165, 1.54) is 19.3 Å². The Hall–Kier alpha value is -0.530. The minimum Gasteiger partial charge on any atom is -0.388 e. The van der Waals surface area contributed by atoms with Crippen LogP contribution in [0.25, 0.3) is 0 Å². The van der Waals surface area contributed by atoms with Gasteiger partial charge in [-0.25, -0.2) is 0 Å². The van der Waals surface area contributed by atoms with Crippen molar-refractivity contribution < 1.29 is 0 Å². The van der Waals surface area contributed by atoms with Crippen LogP contribution in [-0.2, 0) is 0 Å². The molecule has 0 amide bonds. The molecule has 0 saturated heterocycles. The fraction of sp³-hybridized carbons (Fsp3) is 0.900. The lowest BCUT2D eigenvalue weighted by Gasteiger charge is -2.29. The minimum atomic E-state index is 0.492. The Bertz CT molecular complexity index is 171. The highest BCUT2D eigenvalue weighted by Gasteiger charge is 2.24. The predicted octanol–water partition coefficient (Wildman–Crippen LogP) is 2.19. The number of hydrogen-bond donors (Lipinski definition) is 1. The van der Waals surface area contributed by atoms with Crippen molar-refractivity contribution in [2.24, 2.45) is 22.6 Å². The van der Waals surface area contributed by atoms with E-state index in [-0.39, 0.29) is 0 Å². The summed E-state index contributed by atoms with van der Waals surface area (Å²) in [4.78, 5) is 4.45. The van der Waals surface area contributed by atoms with Gasteiger partial charge in [0.25, 0.3) is 0 Å². The monoisotopic (exact) mass is 168 g/mol. The van der Waals surface area contributed by atoms with Gasteiger partial charge in [0, 0.05) is 0 Å². The standard InChI is InChI=1S/C10H20N2/c1-7-4-5-10(8(2)6-7)12-9(3)11/h7-8,10H,4-6H2,1-3H3,(H2,11,12). The van der Waals surface area contributed by atoms with Crippen molar-refractivity contribution in [3.63, 3.8) is 0 Å². The highest BCUT2D eigenvalue weighted by Crippen LogP contribution is 2.30. The molecular weight excluding hydrogens is 148 g/mol. The summed E-state index contributed by atoms with van der Waals surface area (Å²) in [7, 11) is 0. The van der Waals surface area contributed by atoms with Crippen LogP contribution in [0.5, 0.6) is 0 Å². The zero-order chi connectivity index (χ0) is 9.14. The maximum absolute atomic E-state index is 5.57. The average molecular weight is 168 g/mol. The van der Waals surface area contributed by atoms with Crippen molar-refractivity contribution in [3.05, 3.63) is 0 Å². The van der Waals surface area contributed by atoms with E-state index < -0.39 is 0 Å². The van der Waals surface area contributed by atoms with Gasteiger partial charge < -0.3 is 5.73 Å². The maximum atomic E-state index is 5.57. The SMILES string of the molecule is CC(N)=NC1CCC(C)CC1C. The van der Waals surface area contributed by atoms with Gasteiger partial charge in [-0.1, -0.05) is 13.8 Å². The normalized spacial score (nSPS) is 38.2. The lowest BCUT2D eigenvalue weighted by atomic mass is 9.80. The van der Waals surface area contributed by atoms with Crippen LogP contribution in [0.4, 0.5) is 0 Å². The Labute approximate surface area is 75.3 Å². The molecule has 0 aliphatic heterocycles. The first-order valence-corrected chi connectivity index (χ1v) is 4.89. The van der Waals surface area contributed by atoms with Crippen molar-refractivity contribution in [1.82, 2.24) is 0 Å². The summed E-state index contributed by atoms with van der Waals surface area (Å²) in [6.07, 6.45) is 3.84. The van der Waals surface area contributed by atoms with E-state index in [0.717, 1.165) is 11.8 Å². The van der Waals surface area contributed by atoms with Crippen LogP contribution in [0.1, 0.15) is 40.0 Å². The van der Waals surface area contributed by atoms with E-state index in [9.17, 15) is 0 Å². The van der Waals surface area contributed by atoms with Crippen LogP contribution in [0.15, 0.2) is 4.99 Å². The van der Waals surface area contributed by atoms with Crippen LogP contribution in [0.3, 0.4) is 0 Å². The Morgan fingerprint density at radius 3 is 2.50 bits per heavy atom. The third-order valence-corrected chi connectivity index (χ3v) is 2.76. The zero-order valence-electron chi connectivity index (χ0n) is 8.38. The second-order valence-corrected chi connectivity index (χ2v) is 4.23. The largest absolute Gasteiger partial charge is 0.388 e. The average Bonchev–Trinajstić information content (AvgIpc) is 1.94. The number of hydrogen-bond acceptors (Lipinski definition) is 1. The summed E-state index contributed by atoms with van der Waals surface area (Å²) in [6, 6.07) is 0.492. The Kier molecular flexibility index (Phi) is 3.12. The molecule has 1 aliphatic carbocycles. The van der Waals surface area contributed by atoms with Gasteiger partial charge in [0.05, 0.1) is 11.9 Å². The van der Waals surface area contributed by atoms with Gasteiger partial charge in [-0.15, -0.1) is 0 Å². The van der Waals surface area contributed by atoms with E-state index in [1.54, 1.807) is 0 Å². The van der Waals surface area contributed by atoms with Crippen LogP contribution in [0, 0.1) is 11.8 Å². The van der Waals surface area contributed by atoms with Gasteiger partial charge in [-0.05, 0) is 38.0 Å². The number of rotatable bonds is 1. The maximum Gasteiger partial charge on any atom is 0.0909 e. The highest BCUT2D eigenvalue weighted by molar-refractivity contribution is 5.77. The van der Waals surface area contributed by atoms with Gasteiger partial charge >= 0.3 is 0 Å². The van der Waals surface area contributed by atoms with Gasteiger partial charge in [0.2, 0.25) is 0 Å². The van der Waals surface area contributed by atoms with E-state index in [1.807, 2.05) is 6.92 Å². The summed E-state index contributed by atoms with van der Waals surface area (Å²) in [5.74, 6) is 2.33. The Balaban J connectivity index is 2.51. The van der Waals surface area contributed by atoms with E-state index in [0.29, 0.717) is 12.0 Å². The van der Waals surface area contributed by atoms with Gasteiger partial charge in [-0.3, -0.25) is 4.99 Å². The van der Waals surface area contributed by atoms with Gasteiger partial charge in [0.1, 0.15) is 0 Å². The lowest BCUT2D eigenvalue weighted by Crippen LogP contribution is -2.26. The second-order valence-electron chi connectivity index (χ2n) is 4.23. The molecule has 1 fully saturated rings. The molecule has 0 aromatic heterocycles. The van der Waals surface area contributed by atoms with Crippen molar-refractivity contribution in [3.8, 4) is 0 Å². The molecule has 0 aromatic carbocycles. The number of nitrogens with zero attached hydrogens (tertiary/aromatic N) is 1. The minimum absolute atomic E-state index is 0.492. The van der Waals surface area contributed by atoms with E-state index in [4.69, 9.17) is 5.73 Å². The van der Waals surface area contributed by atoms with Crippen LogP contribution in [0.2, 0.25) is 0 Å². The number of aliphatic imine (C=N–C) groups is 1. The topological polar surface area (TPSA) is 38.4 Å². The second kappa shape index (κ2) is 3.92. The summed E-state index contributed by atoms with van der Waals surface area (Å²) >= 11 is 0. The molecule has 2 heteroatoms. The molecule has 0 heterocycles. The first-order chi connectivity index (χ1) is 5.59. The van der Waals surface area contributed by atoms with E-state index >= 15 is 0 Å². The molecule has 2 nitrogen and oxygen atoms in total. The van der Waals surface area contributed by atoms with Crippen LogP contribution < -0.4 is 5.73 Å². The molecule has 3 atom stereocenters. The molecule has 12 heavy (non-hydrogen) atoms. The van der Waals surface area contributed by atoms with Gasteiger partial charge in [-0.2, -0.15) is 0 Å². The molecule has 0 radical (unpaired) electrons. The molecule has 0 spiro atoms. The lowest BCUT2D eigenvalue weighted by molar-refractivity contribution is 0.264. The molecule has 1 aliphatic rings. The first kappa shape index (κ1) is 9.56. The zero-order valence-corrected chi connectivity index (χ0v) is 8.38. The Morgan fingerprint density at radius 2 is 2.00 bits per heavy atom. The van der Waals surface area contributed by atoms with Crippen LogP contribution >= 0.6 is 0 Å². The summed E-state index contributed by atoms with van der Waals surface area (Å²) in [6.45, 7) is 6.49. The predicted molar refractivity (Wildman–Crippen MR) is 53.3 cm³/mol. The van der Waals surface area contributed by atoms with Crippen molar-refractivity contribution in [1.29, 1.82) is 0 Å². The van der Waals surface area contributed by atoms with Crippen molar-refractivity contribution in [2.75, 3.05) is 0 Å². The third kappa shape index (κ3) is 2.50. The van der Waals surface area contributed by atoms with Crippen LogP contribution in [-0.4, -0.2) is 11.9 Å². The molecule has 1 saturated carbocycles. The quantitative estimate of drug-likeness (QED) is 0.473. The fourth-order valence-corrected chi connectivity index (χ4v) is 2.10. The van der Waals surface area contributed by atoms with Gasteiger partial charge in [0.15, 0.2) is 0 Å². The Morgan fingerprint density at radius 1 is 1.33 bits per heavy atom. The first-order valence-electron chi connectivity index (χ1n) is 4.89. The van der Waals surface area contributed by atoms with Crippen molar-refractivity contribution in [2.45, 2.75) is 46.1 Å². The molecule has 3 unspecified atom stereocenters. The number of amidine groups is 1. The fourth-order valence-electron chi connectivity index (χ4n) is 2.10. The summed E-state index contributed by atoms with van der Waals surface area (Å²) in [5, 5.41) is 0. The third-order valence-electron chi connectivity index (χ3n) is 2.76.